The maximum atomic E-state index is 9.94. The molecule has 0 aromatic heterocycles. The Hall–Kier alpha value is -0.940. The van der Waals surface area contributed by atoms with E-state index in [0.717, 1.165) is 19.8 Å². The summed E-state index contributed by atoms with van der Waals surface area (Å²) in [5.74, 6) is -0.266. The van der Waals surface area contributed by atoms with Crippen LogP contribution in [0.15, 0.2) is 0 Å². The number of nitrogens with one attached hydrogen (secondary N) is 1. The van der Waals surface area contributed by atoms with Crippen LogP contribution in [0.3, 0.4) is 0 Å². The number of hydrogen-bond donors (Lipinski definition) is 3. The maximum absolute atomic E-state index is 9.94. The number of carbonyl (C=O) groups is 2. The zero-order valence-corrected chi connectivity index (χ0v) is 8.86. The Morgan fingerprint density at radius 2 is 2.00 bits per heavy atom. The molecule has 1 rings (SSSR count). The first-order chi connectivity index (χ1) is 6.49. The molecule has 1 unspecified atom stereocenters. The predicted molar refractivity (Wildman–Crippen MR) is 53.1 cm³/mol. The van der Waals surface area contributed by atoms with Gasteiger partial charge in [0.15, 0.2) is 0 Å². The minimum absolute atomic E-state index is 0.153. The zero-order chi connectivity index (χ0) is 11.6. The van der Waals surface area contributed by atoms with Crippen molar-refractivity contribution < 1.29 is 19.8 Å². The molecular formula is C9H19NO4. The van der Waals surface area contributed by atoms with Gasteiger partial charge in [-0.1, -0.05) is 6.92 Å². The zero-order valence-electron chi connectivity index (χ0n) is 8.86. The van der Waals surface area contributed by atoms with Gasteiger partial charge in [-0.05, 0) is 12.8 Å². The monoisotopic (exact) mass is 205 g/mol. The molecule has 0 aromatic rings. The molecule has 0 aliphatic carbocycles. The third kappa shape index (κ3) is 11.1. The number of aliphatic hydroxyl groups is 1. The molecule has 0 aromatic carbocycles. The summed E-state index contributed by atoms with van der Waals surface area (Å²) in [4.78, 5) is 18.9. The van der Waals surface area contributed by atoms with E-state index >= 15 is 0 Å². The van der Waals surface area contributed by atoms with Crippen LogP contribution in [0.1, 0.15) is 20.8 Å². The number of rotatable bonds is 1. The second-order valence-electron chi connectivity index (χ2n) is 2.88. The lowest BCUT2D eigenvalue weighted by molar-refractivity contribution is -0.134. The van der Waals surface area contributed by atoms with Crippen molar-refractivity contribution in [1.82, 2.24) is 5.32 Å². The highest BCUT2D eigenvalue weighted by Gasteiger charge is 2.24. The number of carbonyl (C=O) groups excluding carboxylic acids is 1. The van der Waals surface area contributed by atoms with Crippen molar-refractivity contribution in [2.24, 2.45) is 5.92 Å². The molecular weight excluding hydrogens is 186 g/mol. The fraction of sp³-hybridized carbons (Fsp3) is 0.778. The molecule has 0 bridgehead atoms. The minimum Gasteiger partial charge on any atom is -0.481 e. The van der Waals surface area contributed by atoms with Gasteiger partial charge in [0, 0.05) is 20.1 Å². The Kier molecular flexibility index (Phi) is 11.3. The summed E-state index contributed by atoms with van der Waals surface area (Å²) in [7, 11) is 0. The number of aldehydes is 1. The van der Waals surface area contributed by atoms with E-state index in [4.69, 9.17) is 15.0 Å². The summed E-state index contributed by atoms with van der Waals surface area (Å²) in [5.41, 5.74) is 0. The Labute approximate surface area is 84.1 Å². The van der Waals surface area contributed by atoms with Crippen molar-refractivity contribution in [3.63, 3.8) is 0 Å². The number of aliphatic carboxylic acids is 1. The summed E-state index contributed by atoms with van der Waals surface area (Å²) in [6.45, 7) is 6.08. The Bertz CT molecular complexity index is 157. The number of aliphatic hydroxyl groups excluding tert-OH is 1. The molecule has 3 N–H and O–H groups in total. The smallest absolute Gasteiger partial charge is 0.300 e. The van der Waals surface area contributed by atoms with Crippen LogP contribution in [0, 0.1) is 5.92 Å². The molecule has 1 aliphatic rings. The van der Waals surface area contributed by atoms with Gasteiger partial charge in [0.1, 0.15) is 6.29 Å². The standard InChI is InChI=1S/C5H9NO.C2H4O2.C2H6O/c1-4-2-6-5(4)3-7;1-2(3)4;1-2-3/h3-6H,2H2,1H3;1H3,(H,3,4);3H,2H2,1H3/t4?,5-;;/m1../s1. The molecule has 0 saturated carbocycles. The number of hydrogen-bond acceptors (Lipinski definition) is 4. The summed E-state index contributed by atoms with van der Waals surface area (Å²) < 4.78 is 0. The number of carboxylic acid groups (broad SMARTS) is 1. The van der Waals surface area contributed by atoms with Gasteiger partial charge < -0.3 is 20.3 Å². The summed E-state index contributed by atoms with van der Waals surface area (Å²) in [5, 5.41) is 18.0. The van der Waals surface area contributed by atoms with Crippen LogP contribution < -0.4 is 5.32 Å². The largest absolute Gasteiger partial charge is 0.481 e. The van der Waals surface area contributed by atoms with E-state index < -0.39 is 5.97 Å². The van der Waals surface area contributed by atoms with E-state index in [1.807, 2.05) is 0 Å². The van der Waals surface area contributed by atoms with Crippen LogP contribution in [0.4, 0.5) is 0 Å². The van der Waals surface area contributed by atoms with Gasteiger partial charge in [-0.15, -0.1) is 0 Å². The van der Waals surface area contributed by atoms with Crippen molar-refractivity contribution in [1.29, 1.82) is 0 Å². The van der Waals surface area contributed by atoms with Crippen molar-refractivity contribution in [2.75, 3.05) is 13.2 Å². The van der Waals surface area contributed by atoms with Crippen LogP contribution in [-0.2, 0) is 9.59 Å². The van der Waals surface area contributed by atoms with Crippen LogP contribution >= 0.6 is 0 Å². The van der Waals surface area contributed by atoms with Gasteiger partial charge in [0.05, 0.1) is 6.04 Å². The second kappa shape index (κ2) is 10.1. The fourth-order valence-electron chi connectivity index (χ4n) is 0.672. The van der Waals surface area contributed by atoms with E-state index in [1.165, 1.54) is 0 Å². The molecule has 5 nitrogen and oxygen atoms in total. The van der Waals surface area contributed by atoms with Crippen LogP contribution in [0.2, 0.25) is 0 Å². The van der Waals surface area contributed by atoms with Gasteiger partial charge in [-0.3, -0.25) is 4.79 Å². The molecule has 1 fully saturated rings. The van der Waals surface area contributed by atoms with E-state index in [2.05, 4.69) is 12.2 Å². The van der Waals surface area contributed by atoms with Gasteiger partial charge in [0.2, 0.25) is 0 Å². The first-order valence-corrected chi connectivity index (χ1v) is 4.48. The van der Waals surface area contributed by atoms with E-state index in [-0.39, 0.29) is 12.6 Å². The lowest BCUT2D eigenvalue weighted by atomic mass is 9.96. The molecule has 0 radical (unpaired) electrons. The van der Waals surface area contributed by atoms with E-state index in [9.17, 15) is 4.79 Å². The summed E-state index contributed by atoms with van der Waals surface area (Å²) in [6, 6.07) is 0.153. The van der Waals surface area contributed by atoms with Gasteiger partial charge in [-0.2, -0.15) is 0 Å². The van der Waals surface area contributed by atoms with E-state index in [0.29, 0.717) is 5.92 Å². The van der Waals surface area contributed by atoms with Crippen LogP contribution in [0.25, 0.3) is 0 Å². The van der Waals surface area contributed by atoms with Crippen LogP contribution in [-0.4, -0.2) is 41.7 Å². The third-order valence-corrected chi connectivity index (χ3v) is 1.44. The average Bonchev–Trinajstić information content (AvgIpc) is 2.03. The molecule has 14 heavy (non-hydrogen) atoms. The van der Waals surface area contributed by atoms with Gasteiger partial charge in [0.25, 0.3) is 5.97 Å². The lowest BCUT2D eigenvalue weighted by Crippen LogP contribution is -2.52. The maximum Gasteiger partial charge on any atom is 0.300 e. The predicted octanol–water partition coefficient (Wildman–Crippen LogP) is -0.117. The van der Waals surface area contributed by atoms with Crippen molar-refractivity contribution in [3.8, 4) is 0 Å². The first-order valence-electron chi connectivity index (χ1n) is 4.48. The summed E-state index contributed by atoms with van der Waals surface area (Å²) >= 11 is 0. The van der Waals surface area contributed by atoms with Crippen molar-refractivity contribution >= 4 is 12.3 Å². The van der Waals surface area contributed by atoms with Crippen molar-refractivity contribution in [2.45, 2.75) is 26.8 Å². The van der Waals surface area contributed by atoms with Gasteiger partial charge >= 0.3 is 0 Å². The molecule has 1 saturated heterocycles. The van der Waals surface area contributed by atoms with Crippen LogP contribution in [0.5, 0.6) is 0 Å². The average molecular weight is 205 g/mol. The Morgan fingerprint density at radius 3 is 2.00 bits per heavy atom. The Balaban J connectivity index is 0. The highest BCUT2D eigenvalue weighted by molar-refractivity contribution is 5.63. The molecule has 2 atom stereocenters. The topological polar surface area (TPSA) is 86.6 Å². The molecule has 5 heteroatoms. The molecule has 0 spiro atoms. The normalized spacial score (nSPS) is 22.9. The molecule has 84 valence electrons. The first kappa shape index (κ1) is 15.5. The SMILES string of the molecule is CC(=O)O.CC1CN[C@@H]1C=O.CCO. The van der Waals surface area contributed by atoms with Crippen molar-refractivity contribution in [3.05, 3.63) is 0 Å². The quantitative estimate of drug-likeness (QED) is 0.520. The molecule has 0 amide bonds. The highest BCUT2D eigenvalue weighted by atomic mass is 16.4. The Morgan fingerprint density at radius 1 is 1.64 bits per heavy atom. The fourth-order valence-corrected chi connectivity index (χ4v) is 0.672. The van der Waals surface area contributed by atoms with Gasteiger partial charge in [-0.25, -0.2) is 0 Å². The summed E-state index contributed by atoms with van der Waals surface area (Å²) in [6.07, 6.45) is 0.966. The van der Waals surface area contributed by atoms with E-state index in [1.54, 1.807) is 6.92 Å². The molecule has 1 aliphatic heterocycles. The lowest BCUT2D eigenvalue weighted by Gasteiger charge is -2.30. The molecule has 1 heterocycles. The minimum atomic E-state index is -0.833. The second-order valence-corrected chi connectivity index (χ2v) is 2.88. The highest BCUT2D eigenvalue weighted by Crippen LogP contribution is 2.07. The third-order valence-electron chi connectivity index (χ3n) is 1.44. The number of carboxylic acids is 1.